The lowest BCUT2D eigenvalue weighted by molar-refractivity contribution is -0.125. The molecular weight excluding hydrogens is 280 g/mol. The van der Waals surface area contributed by atoms with Crippen LogP contribution in [-0.4, -0.2) is 22.8 Å². The van der Waals surface area contributed by atoms with Crippen LogP contribution in [0.1, 0.15) is 17.4 Å². The van der Waals surface area contributed by atoms with E-state index in [1.807, 2.05) is 43.3 Å². The van der Waals surface area contributed by atoms with Gasteiger partial charge in [0.15, 0.2) is 5.58 Å². The van der Waals surface area contributed by atoms with Crippen LogP contribution >= 0.6 is 0 Å². The number of oxazole rings is 1. The quantitative estimate of drug-likeness (QED) is 0.692. The van der Waals surface area contributed by atoms with Crippen molar-refractivity contribution in [1.82, 2.24) is 9.88 Å². The van der Waals surface area contributed by atoms with Gasteiger partial charge >= 0.3 is 0 Å². The van der Waals surface area contributed by atoms with Gasteiger partial charge in [0.25, 0.3) is 0 Å². The topological polar surface area (TPSA) is 59.5 Å². The molecule has 22 heavy (non-hydrogen) atoms. The van der Waals surface area contributed by atoms with Crippen LogP contribution in [0.2, 0.25) is 0 Å². The summed E-state index contributed by atoms with van der Waals surface area (Å²) in [5, 5.41) is 0. The van der Waals surface area contributed by atoms with Gasteiger partial charge in [-0.1, -0.05) is 12.1 Å². The molecule has 5 nitrogen and oxygen atoms in total. The molecule has 0 saturated carbocycles. The van der Waals surface area contributed by atoms with Crippen molar-refractivity contribution in [3.63, 3.8) is 0 Å². The first-order valence-electron chi connectivity index (χ1n) is 6.96. The van der Waals surface area contributed by atoms with Crippen molar-refractivity contribution in [3.8, 4) is 0 Å². The standard InChI is InChI=1S/C17H16N2O3/c1-12-7-8-13(21-12)11-19(2)17(20)10-9-16-18-14-5-3-4-6-15(14)22-16/h3-10H,11H2,1-2H3/b10-9+. The van der Waals surface area contributed by atoms with E-state index >= 15 is 0 Å². The molecule has 112 valence electrons. The van der Waals surface area contributed by atoms with E-state index < -0.39 is 0 Å². The summed E-state index contributed by atoms with van der Waals surface area (Å²) in [6, 6.07) is 11.2. The predicted molar refractivity (Wildman–Crippen MR) is 83.0 cm³/mol. The summed E-state index contributed by atoms with van der Waals surface area (Å²) < 4.78 is 11.0. The summed E-state index contributed by atoms with van der Waals surface area (Å²) >= 11 is 0. The average Bonchev–Trinajstić information content (AvgIpc) is 3.10. The van der Waals surface area contributed by atoms with Crippen LogP contribution < -0.4 is 0 Å². The third-order valence-corrected chi connectivity index (χ3v) is 3.24. The highest BCUT2D eigenvalue weighted by Gasteiger charge is 2.09. The van der Waals surface area contributed by atoms with Crippen LogP contribution in [0.3, 0.4) is 0 Å². The Hall–Kier alpha value is -2.82. The van der Waals surface area contributed by atoms with Crippen molar-refractivity contribution in [3.05, 3.63) is 59.9 Å². The first-order valence-corrected chi connectivity index (χ1v) is 6.96. The van der Waals surface area contributed by atoms with E-state index in [9.17, 15) is 4.79 Å². The number of likely N-dealkylation sites (N-methyl/N-ethyl adjacent to an activating group) is 1. The molecule has 1 aromatic carbocycles. The molecule has 2 aromatic heterocycles. The summed E-state index contributed by atoms with van der Waals surface area (Å²) in [7, 11) is 1.72. The van der Waals surface area contributed by atoms with Gasteiger partial charge in [0.05, 0.1) is 6.54 Å². The van der Waals surface area contributed by atoms with E-state index in [1.54, 1.807) is 18.0 Å². The van der Waals surface area contributed by atoms with Gasteiger partial charge in [0.1, 0.15) is 17.0 Å². The normalized spacial score (nSPS) is 11.4. The zero-order valence-corrected chi connectivity index (χ0v) is 12.4. The van der Waals surface area contributed by atoms with Crippen molar-refractivity contribution in [2.75, 3.05) is 7.05 Å². The third-order valence-electron chi connectivity index (χ3n) is 3.24. The minimum atomic E-state index is -0.142. The van der Waals surface area contributed by atoms with Gasteiger partial charge in [-0.05, 0) is 31.2 Å². The summed E-state index contributed by atoms with van der Waals surface area (Å²) in [6.07, 6.45) is 3.02. The number of hydrogen-bond donors (Lipinski definition) is 0. The fourth-order valence-electron chi connectivity index (χ4n) is 2.11. The molecule has 5 heteroatoms. The Morgan fingerprint density at radius 2 is 2.05 bits per heavy atom. The lowest BCUT2D eigenvalue weighted by Crippen LogP contribution is -2.23. The van der Waals surface area contributed by atoms with Gasteiger partial charge < -0.3 is 13.7 Å². The largest absolute Gasteiger partial charge is 0.464 e. The van der Waals surface area contributed by atoms with Gasteiger partial charge in [-0.15, -0.1) is 0 Å². The van der Waals surface area contributed by atoms with Crippen molar-refractivity contribution >= 4 is 23.1 Å². The number of para-hydroxylation sites is 2. The highest BCUT2D eigenvalue weighted by atomic mass is 16.3. The van der Waals surface area contributed by atoms with E-state index in [2.05, 4.69) is 4.98 Å². The molecule has 0 aliphatic rings. The van der Waals surface area contributed by atoms with E-state index in [0.717, 1.165) is 17.0 Å². The SMILES string of the molecule is Cc1ccc(CN(C)C(=O)/C=C/c2nc3ccccc3o2)o1. The number of benzene rings is 1. The molecule has 3 aromatic rings. The Kier molecular flexibility index (Phi) is 3.78. The molecule has 0 aliphatic heterocycles. The third kappa shape index (κ3) is 3.09. The van der Waals surface area contributed by atoms with Crippen LogP contribution in [0.15, 0.2) is 51.3 Å². The van der Waals surface area contributed by atoms with Crippen molar-refractivity contribution < 1.29 is 13.6 Å². The molecule has 0 saturated heterocycles. The van der Waals surface area contributed by atoms with Gasteiger partial charge in [-0.25, -0.2) is 4.98 Å². The highest BCUT2D eigenvalue weighted by molar-refractivity contribution is 5.91. The maximum Gasteiger partial charge on any atom is 0.246 e. The van der Waals surface area contributed by atoms with Crippen molar-refractivity contribution in [2.24, 2.45) is 0 Å². The maximum absolute atomic E-state index is 12.1. The van der Waals surface area contributed by atoms with Crippen LogP contribution in [-0.2, 0) is 11.3 Å². The Morgan fingerprint density at radius 1 is 1.23 bits per heavy atom. The lowest BCUT2D eigenvalue weighted by Gasteiger charge is -2.12. The first kappa shape index (κ1) is 14.1. The summed E-state index contributed by atoms with van der Waals surface area (Å²) in [4.78, 5) is 17.9. The maximum atomic E-state index is 12.1. The van der Waals surface area contributed by atoms with Crippen molar-refractivity contribution in [1.29, 1.82) is 0 Å². The second kappa shape index (κ2) is 5.89. The number of nitrogens with zero attached hydrogens (tertiary/aromatic N) is 2. The van der Waals surface area contributed by atoms with Gasteiger partial charge in [0, 0.05) is 19.2 Å². The molecule has 0 atom stereocenters. The van der Waals surface area contributed by atoms with Gasteiger partial charge in [0.2, 0.25) is 11.8 Å². The molecule has 0 spiro atoms. The zero-order chi connectivity index (χ0) is 15.5. The second-order valence-corrected chi connectivity index (χ2v) is 5.06. The van der Waals surface area contributed by atoms with Gasteiger partial charge in [-0.2, -0.15) is 0 Å². The smallest absolute Gasteiger partial charge is 0.246 e. The molecule has 0 bridgehead atoms. The summed E-state index contributed by atoms with van der Waals surface area (Å²) in [5.74, 6) is 1.86. The first-order chi connectivity index (χ1) is 10.6. The predicted octanol–water partition coefficient (Wildman–Crippen LogP) is 3.40. The Balaban J connectivity index is 1.67. The minimum absolute atomic E-state index is 0.142. The summed E-state index contributed by atoms with van der Waals surface area (Å²) in [5.41, 5.74) is 1.48. The number of amides is 1. The van der Waals surface area contributed by atoms with Crippen LogP contribution in [0.25, 0.3) is 17.2 Å². The van der Waals surface area contributed by atoms with E-state index in [-0.39, 0.29) is 5.91 Å². The number of aryl methyl sites for hydroxylation is 1. The van der Waals surface area contributed by atoms with Crippen LogP contribution in [0.5, 0.6) is 0 Å². The van der Waals surface area contributed by atoms with Gasteiger partial charge in [-0.3, -0.25) is 4.79 Å². The fraction of sp³-hybridized carbons (Fsp3) is 0.176. The Bertz CT molecular complexity index is 796. The van der Waals surface area contributed by atoms with E-state index in [0.29, 0.717) is 18.0 Å². The molecular formula is C17H16N2O3. The molecule has 0 aliphatic carbocycles. The summed E-state index contributed by atoms with van der Waals surface area (Å²) in [6.45, 7) is 2.29. The number of carbonyl (C=O) groups excluding carboxylic acids is 1. The molecule has 3 rings (SSSR count). The molecule has 2 heterocycles. The number of aromatic nitrogens is 1. The number of furan rings is 1. The Morgan fingerprint density at radius 3 is 2.77 bits per heavy atom. The van der Waals surface area contributed by atoms with Crippen molar-refractivity contribution in [2.45, 2.75) is 13.5 Å². The zero-order valence-electron chi connectivity index (χ0n) is 12.4. The molecule has 1 amide bonds. The fourth-order valence-corrected chi connectivity index (χ4v) is 2.11. The van der Waals surface area contributed by atoms with E-state index in [4.69, 9.17) is 8.83 Å². The second-order valence-electron chi connectivity index (χ2n) is 5.06. The highest BCUT2D eigenvalue weighted by Crippen LogP contribution is 2.15. The molecule has 0 radical (unpaired) electrons. The van der Waals surface area contributed by atoms with Crippen LogP contribution in [0, 0.1) is 6.92 Å². The van der Waals surface area contributed by atoms with E-state index in [1.165, 1.54) is 6.08 Å². The average molecular weight is 296 g/mol. The number of fused-ring (bicyclic) bond motifs is 1. The number of hydrogen-bond acceptors (Lipinski definition) is 4. The molecule has 0 N–H and O–H groups in total. The molecule has 0 fully saturated rings. The minimum Gasteiger partial charge on any atom is -0.464 e. The Labute approximate surface area is 127 Å². The monoisotopic (exact) mass is 296 g/mol. The lowest BCUT2D eigenvalue weighted by atomic mass is 10.3. The van der Waals surface area contributed by atoms with Crippen LogP contribution in [0.4, 0.5) is 0 Å². The number of rotatable bonds is 4. The number of carbonyl (C=O) groups is 1. The molecule has 0 unspecified atom stereocenters.